The molecule has 2 aliphatic heterocycles. The summed E-state index contributed by atoms with van der Waals surface area (Å²) in [6, 6.07) is 11.4. The molecule has 1 aromatic carbocycles. The monoisotopic (exact) mass is 399 g/mol. The molecule has 2 heterocycles. The van der Waals surface area contributed by atoms with E-state index in [4.69, 9.17) is 4.74 Å². The van der Waals surface area contributed by atoms with Crippen LogP contribution in [0.2, 0.25) is 0 Å². The van der Waals surface area contributed by atoms with Gasteiger partial charge in [0.15, 0.2) is 0 Å². The van der Waals surface area contributed by atoms with E-state index in [1.807, 2.05) is 7.11 Å². The quantitative estimate of drug-likeness (QED) is 0.766. The third kappa shape index (κ3) is 5.01. The lowest BCUT2D eigenvalue weighted by Gasteiger charge is -2.43. The Balaban J connectivity index is 1.27. The second-order valence-electron chi connectivity index (χ2n) is 9.58. The summed E-state index contributed by atoms with van der Waals surface area (Å²) in [6.07, 6.45) is 5.33. The molecule has 1 aromatic rings. The number of nitrogens with one attached hydrogen (secondary N) is 1. The van der Waals surface area contributed by atoms with Gasteiger partial charge < -0.3 is 19.9 Å². The maximum Gasteiger partial charge on any atom is 0.225 e. The van der Waals surface area contributed by atoms with E-state index in [-0.39, 0.29) is 11.3 Å². The normalized spacial score (nSPS) is 27.7. The fourth-order valence-electron chi connectivity index (χ4n) is 5.23. The molecule has 0 spiro atoms. The average molecular weight is 400 g/mol. The van der Waals surface area contributed by atoms with Gasteiger partial charge in [0.1, 0.15) is 0 Å². The highest BCUT2D eigenvalue weighted by Gasteiger charge is 2.42. The number of hydrogen-bond acceptors (Lipinski definition) is 4. The van der Waals surface area contributed by atoms with Gasteiger partial charge in [-0.15, -0.1) is 0 Å². The average Bonchev–Trinajstić information content (AvgIpc) is 3.54. The van der Waals surface area contributed by atoms with Crippen LogP contribution in [0, 0.1) is 11.3 Å². The first-order valence-electron chi connectivity index (χ1n) is 11.3. The fourth-order valence-corrected chi connectivity index (χ4v) is 5.23. The molecular weight excluding hydrogens is 362 g/mol. The van der Waals surface area contributed by atoms with Gasteiger partial charge in [-0.3, -0.25) is 4.79 Å². The number of benzene rings is 1. The topological polar surface area (TPSA) is 44.8 Å². The number of piperidine rings is 2. The first-order chi connectivity index (χ1) is 14.1. The number of rotatable bonds is 7. The summed E-state index contributed by atoms with van der Waals surface area (Å²) in [5.74, 6) is 1.28. The Morgan fingerprint density at radius 3 is 2.48 bits per heavy atom. The van der Waals surface area contributed by atoms with Crippen molar-refractivity contribution in [3.05, 3.63) is 35.9 Å². The lowest BCUT2D eigenvalue weighted by molar-refractivity contribution is -0.140. The summed E-state index contributed by atoms with van der Waals surface area (Å²) in [5, 5.41) is 3.82. The molecule has 2 saturated heterocycles. The fraction of sp³-hybridized carbons (Fsp3) is 0.708. The van der Waals surface area contributed by atoms with Crippen LogP contribution in [0.25, 0.3) is 0 Å². The molecule has 160 valence electrons. The molecule has 1 saturated carbocycles. The van der Waals surface area contributed by atoms with Crippen LogP contribution in [0.5, 0.6) is 0 Å². The largest absolute Gasteiger partial charge is 0.384 e. The predicted molar refractivity (Wildman–Crippen MR) is 116 cm³/mol. The molecule has 0 radical (unpaired) electrons. The third-order valence-electron chi connectivity index (χ3n) is 7.41. The molecule has 0 unspecified atom stereocenters. The Bertz CT molecular complexity index is 664. The predicted octanol–water partition coefficient (Wildman–Crippen LogP) is 2.73. The van der Waals surface area contributed by atoms with Crippen molar-refractivity contribution in [1.82, 2.24) is 15.1 Å². The second-order valence-corrected chi connectivity index (χ2v) is 9.58. The van der Waals surface area contributed by atoms with E-state index in [9.17, 15) is 4.79 Å². The molecule has 5 heteroatoms. The van der Waals surface area contributed by atoms with E-state index in [0.29, 0.717) is 17.9 Å². The van der Waals surface area contributed by atoms with E-state index in [1.54, 1.807) is 0 Å². The summed E-state index contributed by atoms with van der Waals surface area (Å²) in [5.41, 5.74) is 1.60. The van der Waals surface area contributed by atoms with Gasteiger partial charge in [-0.05, 0) is 57.8 Å². The van der Waals surface area contributed by atoms with E-state index >= 15 is 0 Å². The van der Waals surface area contributed by atoms with Gasteiger partial charge in [0.2, 0.25) is 5.91 Å². The molecule has 2 atom stereocenters. The second kappa shape index (κ2) is 9.15. The Kier molecular flexibility index (Phi) is 6.57. The minimum Gasteiger partial charge on any atom is -0.384 e. The van der Waals surface area contributed by atoms with Crippen LogP contribution in [0.1, 0.15) is 43.6 Å². The molecule has 1 aliphatic carbocycles. The van der Waals surface area contributed by atoms with Gasteiger partial charge in [0.25, 0.3) is 0 Å². The zero-order valence-electron chi connectivity index (χ0n) is 18.1. The van der Waals surface area contributed by atoms with Crippen LogP contribution < -0.4 is 5.32 Å². The summed E-state index contributed by atoms with van der Waals surface area (Å²) in [7, 11) is 3.96. The maximum atomic E-state index is 13.0. The summed E-state index contributed by atoms with van der Waals surface area (Å²) < 4.78 is 5.62. The van der Waals surface area contributed by atoms with Gasteiger partial charge in [0.05, 0.1) is 6.61 Å². The van der Waals surface area contributed by atoms with Crippen LogP contribution in [0.4, 0.5) is 0 Å². The summed E-state index contributed by atoms with van der Waals surface area (Å²) in [6.45, 7) is 5.62. The lowest BCUT2D eigenvalue weighted by atomic mass is 9.78. The Hall–Kier alpha value is -1.43. The first kappa shape index (κ1) is 20.8. The first-order valence-corrected chi connectivity index (χ1v) is 11.3. The maximum absolute atomic E-state index is 13.0. The van der Waals surface area contributed by atoms with E-state index in [2.05, 4.69) is 52.5 Å². The number of methoxy groups -OCH3 is 1. The molecule has 1 N–H and O–H groups in total. The highest BCUT2D eigenvalue weighted by Crippen LogP contribution is 2.42. The van der Waals surface area contributed by atoms with Gasteiger partial charge >= 0.3 is 0 Å². The summed E-state index contributed by atoms with van der Waals surface area (Å²) >= 11 is 0. The Labute approximate surface area is 175 Å². The molecule has 1 amide bonds. The van der Waals surface area contributed by atoms with Crippen LogP contribution in [-0.2, 0) is 9.53 Å². The van der Waals surface area contributed by atoms with Crippen molar-refractivity contribution in [3.63, 3.8) is 0 Å². The van der Waals surface area contributed by atoms with E-state index < -0.39 is 0 Å². The molecule has 5 nitrogen and oxygen atoms in total. The number of carbonyl (C=O) groups excluding carboxylic acids is 1. The van der Waals surface area contributed by atoms with Gasteiger partial charge in [0, 0.05) is 50.0 Å². The van der Waals surface area contributed by atoms with Gasteiger partial charge in [-0.25, -0.2) is 0 Å². The molecule has 4 rings (SSSR count). The minimum absolute atomic E-state index is 0.155. The van der Waals surface area contributed by atoms with Crippen molar-refractivity contribution in [1.29, 1.82) is 0 Å². The number of likely N-dealkylation sites (tertiary alicyclic amines) is 2. The minimum atomic E-state index is 0.155. The highest BCUT2D eigenvalue weighted by atomic mass is 16.5. The molecule has 3 aliphatic rings. The van der Waals surface area contributed by atoms with Crippen LogP contribution in [0.3, 0.4) is 0 Å². The van der Waals surface area contributed by atoms with Crippen molar-refractivity contribution in [2.24, 2.45) is 11.3 Å². The Morgan fingerprint density at radius 2 is 1.83 bits per heavy atom. The van der Waals surface area contributed by atoms with Crippen LogP contribution >= 0.6 is 0 Å². The number of carbonyl (C=O) groups is 1. The molecule has 0 aromatic heterocycles. The molecular formula is C24H37N3O2. The van der Waals surface area contributed by atoms with E-state index in [0.717, 1.165) is 65.0 Å². The highest BCUT2D eigenvalue weighted by molar-refractivity contribution is 5.79. The van der Waals surface area contributed by atoms with Crippen molar-refractivity contribution < 1.29 is 9.53 Å². The zero-order valence-corrected chi connectivity index (χ0v) is 18.1. The van der Waals surface area contributed by atoms with Gasteiger partial charge in [-0.1, -0.05) is 30.3 Å². The molecule has 0 bridgehead atoms. The standard InChI is InChI=1S/C24H37N3O2/c1-26-12-8-20(9-13-26)23(28)27-14-10-24(11-15-27,18-29-2)17-25-22-16-21(22)19-6-4-3-5-7-19/h3-7,20-22,25H,8-18H2,1-2H3/t21-,22-/m0/s1. The number of ether oxygens (including phenoxy) is 1. The number of amides is 1. The Morgan fingerprint density at radius 1 is 1.14 bits per heavy atom. The smallest absolute Gasteiger partial charge is 0.225 e. The van der Waals surface area contributed by atoms with Crippen LogP contribution in [0.15, 0.2) is 30.3 Å². The van der Waals surface area contributed by atoms with Gasteiger partial charge in [-0.2, -0.15) is 0 Å². The molecule has 29 heavy (non-hydrogen) atoms. The SMILES string of the molecule is COCC1(CN[C@H]2C[C@H]2c2ccccc2)CCN(C(=O)C2CCN(C)CC2)CC1. The van der Waals surface area contributed by atoms with Crippen molar-refractivity contribution in [2.75, 3.05) is 53.5 Å². The van der Waals surface area contributed by atoms with Crippen molar-refractivity contribution in [3.8, 4) is 0 Å². The number of nitrogens with zero attached hydrogens (tertiary/aromatic N) is 2. The lowest BCUT2D eigenvalue weighted by Crippen LogP contribution is -2.51. The van der Waals surface area contributed by atoms with Crippen molar-refractivity contribution in [2.45, 2.75) is 44.1 Å². The van der Waals surface area contributed by atoms with Crippen LogP contribution in [-0.4, -0.2) is 75.2 Å². The van der Waals surface area contributed by atoms with Crippen molar-refractivity contribution >= 4 is 5.91 Å². The number of hydrogen-bond donors (Lipinski definition) is 1. The van der Waals surface area contributed by atoms with E-state index in [1.165, 1.54) is 12.0 Å². The third-order valence-corrected chi connectivity index (χ3v) is 7.41. The zero-order chi connectivity index (χ0) is 20.3. The molecule has 3 fully saturated rings. The summed E-state index contributed by atoms with van der Waals surface area (Å²) in [4.78, 5) is 17.4.